The van der Waals surface area contributed by atoms with Gasteiger partial charge < -0.3 is 0 Å². The Morgan fingerprint density at radius 2 is 1.92 bits per heavy atom. The third-order valence-electron chi connectivity index (χ3n) is 5.39. The Morgan fingerprint density at radius 1 is 1.17 bits per heavy atom. The number of thioether (sulfide) groups is 1. The van der Waals surface area contributed by atoms with Gasteiger partial charge in [0.25, 0.3) is 0 Å². The van der Waals surface area contributed by atoms with E-state index >= 15 is 0 Å². The van der Waals surface area contributed by atoms with Crippen LogP contribution in [0.3, 0.4) is 0 Å². The molecule has 0 spiro atoms. The predicted molar refractivity (Wildman–Crippen MR) is 103 cm³/mol. The van der Waals surface area contributed by atoms with Crippen molar-refractivity contribution in [1.29, 1.82) is 0 Å². The van der Waals surface area contributed by atoms with Crippen molar-refractivity contribution in [2.24, 2.45) is 7.05 Å². The second-order valence-corrected chi connectivity index (χ2v) is 8.49. The molecule has 0 unspecified atom stereocenters. The van der Waals surface area contributed by atoms with E-state index in [1.165, 1.54) is 37.4 Å². The van der Waals surface area contributed by atoms with Crippen molar-refractivity contribution in [3.8, 4) is 0 Å². The lowest BCUT2D eigenvalue weighted by Crippen LogP contribution is -2.47. The minimum atomic E-state index is 0.784. The van der Waals surface area contributed by atoms with E-state index in [4.69, 9.17) is 16.7 Å². The molecule has 130 valence electrons. The van der Waals surface area contributed by atoms with Crippen molar-refractivity contribution in [1.82, 2.24) is 19.6 Å². The number of nitrogens with zero attached hydrogens (tertiary/aromatic N) is 4. The lowest BCUT2D eigenvalue weighted by Gasteiger charge is -2.39. The Hall–Kier alpha value is -0.750. The second-order valence-electron chi connectivity index (χ2n) is 6.86. The van der Waals surface area contributed by atoms with E-state index in [1.54, 1.807) is 0 Å². The summed E-state index contributed by atoms with van der Waals surface area (Å²) in [5.41, 5.74) is 2.24. The zero-order valence-electron chi connectivity index (χ0n) is 14.2. The van der Waals surface area contributed by atoms with Gasteiger partial charge in [0.05, 0.1) is 16.2 Å². The van der Waals surface area contributed by atoms with Gasteiger partial charge >= 0.3 is 0 Å². The van der Waals surface area contributed by atoms with Gasteiger partial charge in [0.2, 0.25) is 0 Å². The van der Waals surface area contributed by atoms with Gasteiger partial charge in [-0.2, -0.15) is 16.9 Å². The number of rotatable bonds is 3. The summed E-state index contributed by atoms with van der Waals surface area (Å²) < 4.78 is 1.95. The number of hydrogen-bond acceptors (Lipinski definition) is 4. The zero-order chi connectivity index (χ0) is 16.5. The molecule has 3 heterocycles. The predicted octanol–water partition coefficient (Wildman–Crippen LogP) is 3.24. The van der Waals surface area contributed by atoms with Crippen LogP contribution < -0.4 is 0 Å². The van der Waals surface area contributed by atoms with Crippen LogP contribution >= 0.6 is 23.4 Å². The normalized spacial score (nSPS) is 21.6. The van der Waals surface area contributed by atoms with Crippen LogP contribution in [0.5, 0.6) is 0 Å². The van der Waals surface area contributed by atoms with Gasteiger partial charge in [-0.05, 0) is 25.0 Å². The molecule has 4 rings (SSSR count). The Bertz CT molecular complexity index is 702. The molecule has 2 fully saturated rings. The molecule has 0 N–H and O–H groups in total. The molecule has 6 heteroatoms. The zero-order valence-corrected chi connectivity index (χ0v) is 15.8. The van der Waals surface area contributed by atoms with E-state index in [1.807, 2.05) is 23.9 Å². The lowest BCUT2D eigenvalue weighted by atomic mass is 10.0. The first-order valence-corrected chi connectivity index (χ1v) is 10.4. The van der Waals surface area contributed by atoms with Crippen LogP contribution in [-0.4, -0.2) is 63.3 Å². The fourth-order valence-electron chi connectivity index (χ4n) is 4.06. The van der Waals surface area contributed by atoms with E-state index in [9.17, 15) is 0 Å². The molecule has 0 atom stereocenters. The molecule has 0 saturated carbocycles. The average Bonchev–Trinajstić information content (AvgIpc) is 2.93. The molecule has 24 heavy (non-hydrogen) atoms. The molecule has 0 aliphatic carbocycles. The number of halogens is 1. The van der Waals surface area contributed by atoms with Gasteiger partial charge in [0.1, 0.15) is 0 Å². The van der Waals surface area contributed by atoms with Gasteiger partial charge in [-0.15, -0.1) is 0 Å². The summed E-state index contributed by atoms with van der Waals surface area (Å²) in [5.74, 6) is 2.61. The molecule has 2 saturated heterocycles. The molecule has 2 aliphatic rings. The Labute approximate surface area is 153 Å². The van der Waals surface area contributed by atoms with E-state index in [0.29, 0.717) is 0 Å². The van der Waals surface area contributed by atoms with Crippen molar-refractivity contribution < 1.29 is 0 Å². The van der Waals surface area contributed by atoms with Crippen LogP contribution in [0.1, 0.15) is 18.5 Å². The van der Waals surface area contributed by atoms with Crippen molar-refractivity contribution in [3.05, 3.63) is 28.9 Å². The number of aryl methyl sites for hydroxylation is 1. The summed E-state index contributed by atoms with van der Waals surface area (Å²) in [7, 11) is 2.00. The monoisotopic (exact) mass is 364 g/mol. The largest absolute Gasteiger partial charge is 0.299 e. The van der Waals surface area contributed by atoms with Crippen molar-refractivity contribution in [2.75, 3.05) is 37.7 Å². The minimum Gasteiger partial charge on any atom is -0.299 e. The first-order chi connectivity index (χ1) is 11.7. The fraction of sp³-hybridized carbons (Fsp3) is 0.611. The van der Waals surface area contributed by atoms with Crippen LogP contribution in [0.2, 0.25) is 5.02 Å². The highest BCUT2D eigenvalue weighted by atomic mass is 35.5. The quantitative estimate of drug-likeness (QED) is 0.834. The number of fused-ring (bicyclic) bond motifs is 1. The van der Waals surface area contributed by atoms with Crippen LogP contribution in [-0.2, 0) is 13.6 Å². The Kier molecular flexibility index (Phi) is 5.04. The van der Waals surface area contributed by atoms with Gasteiger partial charge in [-0.25, -0.2) is 0 Å². The van der Waals surface area contributed by atoms with Gasteiger partial charge in [-0.1, -0.05) is 17.7 Å². The number of hydrogen-bond donors (Lipinski definition) is 0. The summed E-state index contributed by atoms with van der Waals surface area (Å²) in [6, 6.07) is 6.85. The molecule has 0 amide bonds. The third kappa shape index (κ3) is 3.32. The number of benzene rings is 1. The van der Waals surface area contributed by atoms with E-state index in [0.717, 1.165) is 47.3 Å². The lowest BCUT2D eigenvalue weighted by molar-refractivity contribution is 0.112. The summed E-state index contributed by atoms with van der Waals surface area (Å²) >= 11 is 8.53. The Morgan fingerprint density at radius 3 is 2.67 bits per heavy atom. The molecule has 0 radical (unpaired) electrons. The first-order valence-electron chi connectivity index (χ1n) is 8.86. The summed E-state index contributed by atoms with van der Waals surface area (Å²) in [5, 5.41) is 6.67. The van der Waals surface area contributed by atoms with Gasteiger partial charge in [0, 0.05) is 62.7 Å². The summed E-state index contributed by atoms with van der Waals surface area (Å²) in [6.07, 6.45) is 2.56. The van der Waals surface area contributed by atoms with Crippen molar-refractivity contribution >= 4 is 34.3 Å². The molecule has 2 aromatic rings. The smallest absolute Gasteiger partial charge is 0.0858 e. The Balaban J connectivity index is 1.42. The molecule has 0 bridgehead atoms. The van der Waals surface area contributed by atoms with Crippen LogP contribution in [0.15, 0.2) is 18.2 Å². The third-order valence-corrected chi connectivity index (χ3v) is 6.65. The topological polar surface area (TPSA) is 24.3 Å². The highest BCUT2D eigenvalue weighted by Gasteiger charge is 2.26. The van der Waals surface area contributed by atoms with Crippen LogP contribution in [0.25, 0.3) is 10.9 Å². The van der Waals surface area contributed by atoms with Crippen LogP contribution in [0, 0.1) is 0 Å². The SMILES string of the molecule is Cn1nc(CN2CCC(N3CCSCC3)CC2)c2c(Cl)cccc21. The second kappa shape index (κ2) is 7.24. The highest BCUT2D eigenvalue weighted by Crippen LogP contribution is 2.28. The molecular weight excluding hydrogens is 340 g/mol. The van der Waals surface area contributed by atoms with Crippen LogP contribution in [0.4, 0.5) is 0 Å². The maximum absolute atomic E-state index is 6.44. The van der Waals surface area contributed by atoms with E-state index in [2.05, 4.69) is 27.6 Å². The van der Waals surface area contributed by atoms with Crippen molar-refractivity contribution in [2.45, 2.75) is 25.4 Å². The first kappa shape index (κ1) is 16.7. The summed E-state index contributed by atoms with van der Waals surface area (Å²) in [4.78, 5) is 5.25. The van der Waals surface area contributed by atoms with Crippen molar-refractivity contribution in [3.63, 3.8) is 0 Å². The minimum absolute atomic E-state index is 0.784. The molecule has 4 nitrogen and oxygen atoms in total. The maximum atomic E-state index is 6.44. The molecule has 1 aromatic carbocycles. The molecule has 2 aliphatic heterocycles. The van der Waals surface area contributed by atoms with E-state index < -0.39 is 0 Å². The highest BCUT2D eigenvalue weighted by molar-refractivity contribution is 7.99. The summed E-state index contributed by atoms with van der Waals surface area (Å²) in [6.45, 7) is 5.78. The number of aromatic nitrogens is 2. The average molecular weight is 365 g/mol. The van der Waals surface area contributed by atoms with Gasteiger partial charge in [0.15, 0.2) is 0 Å². The maximum Gasteiger partial charge on any atom is 0.0858 e. The molecular formula is C18H25ClN4S. The standard InChI is InChI=1S/C18H25ClN4S/c1-21-17-4-2-3-15(19)18(17)16(20-21)13-22-7-5-14(6-8-22)23-9-11-24-12-10-23/h2-4,14H,5-13H2,1H3. The van der Waals surface area contributed by atoms with E-state index in [-0.39, 0.29) is 0 Å². The van der Waals surface area contributed by atoms with Gasteiger partial charge in [-0.3, -0.25) is 14.5 Å². The number of piperidine rings is 1. The fourth-order valence-corrected chi connectivity index (χ4v) is 5.27. The number of likely N-dealkylation sites (tertiary alicyclic amines) is 1. The molecule has 1 aromatic heterocycles.